The Morgan fingerprint density at radius 1 is 0.939 bits per heavy atom. The van der Waals surface area contributed by atoms with Crippen LogP contribution in [0.15, 0.2) is 52.1 Å². The van der Waals surface area contributed by atoms with Gasteiger partial charge in [-0.2, -0.15) is 0 Å². The zero-order valence-electron chi connectivity index (χ0n) is 19.5. The van der Waals surface area contributed by atoms with E-state index in [1.165, 1.54) is 0 Å². The smallest absolute Gasteiger partial charge is 0.125 e. The summed E-state index contributed by atoms with van der Waals surface area (Å²) >= 11 is 17.5. The number of hydrogen-bond acceptors (Lipinski definition) is 4. The fourth-order valence-electron chi connectivity index (χ4n) is 3.28. The average Bonchev–Trinajstić information content (AvgIpc) is 2.80. The molecule has 0 radical (unpaired) electrons. The van der Waals surface area contributed by atoms with Crippen molar-refractivity contribution in [2.45, 2.75) is 52.9 Å². The van der Waals surface area contributed by atoms with E-state index in [9.17, 15) is 0 Å². The van der Waals surface area contributed by atoms with Gasteiger partial charge >= 0.3 is 0 Å². The second kappa shape index (κ2) is 15.1. The van der Waals surface area contributed by atoms with Gasteiger partial charge in [0.25, 0.3) is 0 Å². The minimum atomic E-state index is 0.203. The Bertz CT molecular complexity index is 915. The molecule has 2 rings (SSSR count). The second-order valence-electron chi connectivity index (χ2n) is 7.48. The molecule has 2 aromatic rings. The van der Waals surface area contributed by atoms with E-state index in [4.69, 9.17) is 49.1 Å². The van der Waals surface area contributed by atoms with Crippen LogP contribution in [0.1, 0.15) is 56.7 Å². The molecule has 0 aliphatic heterocycles. The average molecular weight is 513 g/mol. The summed E-state index contributed by atoms with van der Waals surface area (Å²) in [6.45, 7) is 7.68. The first kappa shape index (κ1) is 27.4. The number of aryl methyl sites for hydroxylation is 2. The van der Waals surface area contributed by atoms with Crippen molar-refractivity contribution in [1.29, 1.82) is 0 Å². The van der Waals surface area contributed by atoms with Crippen LogP contribution in [0.2, 0.25) is 5.02 Å². The molecule has 0 amide bonds. The van der Waals surface area contributed by atoms with Crippen molar-refractivity contribution < 1.29 is 14.3 Å². The number of hydrogen-bond donors (Lipinski definition) is 0. The first-order valence-electron chi connectivity index (χ1n) is 11.3. The predicted molar refractivity (Wildman–Crippen MR) is 139 cm³/mol. The first-order chi connectivity index (χ1) is 16.0. The number of oxime groups is 1. The summed E-state index contributed by atoms with van der Waals surface area (Å²) in [7, 11) is 0. The maximum atomic E-state index is 6.18. The number of unbranched alkanes of at least 4 members (excludes halogenated alkanes) is 2. The molecule has 0 atom stereocenters. The molecule has 0 N–H and O–H groups in total. The molecule has 0 saturated carbocycles. The summed E-state index contributed by atoms with van der Waals surface area (Å²) in [4.78, 5) is 5.46. The number of benzene rings is 2. The zero-order valence-corrected chi connectivity index (χ0v) is 21.8. The number of nitrogens with zero attached hydrogens (tertiary/aromatic N) is 1. The number of halogens is 3. The molecule has 0 spiro atoms. The summed E-state index contributed by atoms with van der Waals surface area (Å²) in [6, 6.07) is 11.7. The van der Waals surface area contributed by atoms with Crippen LogP contribution >= 0.6 is 34.8 Å². The van der Waals surface area contributed by atoms with Crippen molar-refractivity contribution in [1.82, 2.24) is 0 Å². The van der Waals surface area contributed by atoms with Gasteiger partial charge in [0, 0.05) is 10.6 Å². The topological polar surface area (TPSA) is 40.0 Å². The molecule has 180 valence electrons. The van der Waals surface area contributed by atoms with E-state index in [1.807, 2.05) is 43.3 Å². The van der Waals surface area contributed by atoms with E-state index < -0.39 is 0 Å². The standard InChI is InChI=1S/C26H32Cl3NO3/c1-4-20-17-22(31-16-13-25(28)29)18-21(5-2)26(20)32-14-9-6-10-15-33-30-19(3)23-11-7-8-12-24(23)27/h7-8,11-13,17-18H,4-6,9-10,14-16H2,1-3H3/b30-19+. The normalized spacial score (nSPS) is 11.3. The molecule has 33 heavy (non-hydrogen) atoms. The van der Waals surface area contributed by atoms with E-state index in [0.29, 0.717) is 24.8 Å². The first-order valence-corrected chi connectivity index (χ1v) is 12.4. The van der Waals surface area contributed by atoms with Gasteiger partial charge in [0.05, 0.1) is 12.3 Å². The van der Waals surface area contributed by atoms with E-state index in [2.05, 4.69) is 19.0 Å². The molecule has 0 aliphatic rings. The maximum Gasteiger partial charge on any atom is 0.125 e. The summed E-state index contributed by atoms with van der Waals surface area (Å²) in [5.74, 6) is 1.76. The molecule has 7 heteroatoms. The summed E-state index contributed by atoms with van der Waals surface area (Å²) in [6.07, 6.45) is 6.20. The summed E-state index contributed by atoms with van der Waals surface area (Å²) in [5, 5.41) is 4.85. The van der Waals surface area contributed by atoms with Crippen LogP contribution in [0.3, 0.4) is 0 Å². The molecule has 2 aromatic carbocycles. The van der Waals surface area contributed by atoms with Crippen LogP contribution in [-0.4, -0.2) is 25.5 Å². The van der Waals surface area contributed by atoms with Gasteiger partial charge in [0.15, 0.2) is 0 Å². The van der Waals surface area contributed by atoms with Crippen LogP contribution in [0.5, 0.6) is 11.5 Å². The Kier molecular flexibility index (Phi) is 12.5. The molecule has 4 nitrogen and oxygen atoms in total. The molecule has 0 aliphatic carbocycles. The monoisotopic (exact) mass is 511 g/mol. The Labute approximate surface area is 212 Å². The minimum absolute atomic E-state index is 0.203. The third kappa shape index (κ3) is 9.48. The fraction of sp³-hybridized carbons (Fsp3) is 0.423. The molecular formula is C26H32Cl3NO3. The Hall–Kier alpha value is -1.88. The van der Waals surface area contributed by atoms with E-state index >= 15 is 0 Å². The molecule has 0 unspecified atom stereocenters. The SMILES string of the molecule is CCc1cc(OCC=C(Cl)Cl)cc(CC)c1OCCCCCO/N=C(\C)c1ccccc1Cl. The third-order valence-corrected chi connectivity index (χ3v) is 5.70. The Balaban J connectivity index is 1.77. The Morgan fingerprint density at radius 2 is 1.61 bits per heavy atom. The zero-order chi connectivity index (χ0) is 24.1. The largest absolute Gasteiger partial charge is 0.493 e. The summed E-state index contributed by atoms with van der Waals surface area (Å²) < 4.78 is 12.1. The van der Waals surface area contributed by atoms with Gasteiger partial charge in [-0.25, -0.2) is 0 Å². The van der Waals surface area contributed by atoms with Crippen molar-refractivity contribution in [2.75, 3.05) is 19.8 Å². The second-order valence-corrected chi connectivity index (χ2v) is 8.90. The van der Waals surface area contributed by atoms with Gasteiger partial charge in [-0.3, -0.25) is 0 Å². The summed E-state index contributed by atoms with van der Waals surface area (Å²) in [5.41, 5.74) is 3.94. The number of rotatable bonds is 14. The van der Waals surface area contributed by atoms with Crippen LogP contribution in [0.25, 0.3) is 0 Å². The molecule has 0 bridgehead atoms. The van der Waals surface area contributed by atoms with Gasteiger partial charge in [-0.15, -0.1) is 0 Å². The molecule has 0 aromatic heterocycles. The van der Waals surface area contributed by atoms with Gasteiger partial charge in [-0.05, 0) is 74.4 Å². The lowest BCUT2D eigenvalue weighted by atomic mass is 10.0. The van der Waals surface area contributed by atoms with E-state index in [0.717, 1.165) is 66.0 Å². The quantitative estimate of drug-likeness (QED) is 0.146. The van der Waals surface area contributed by atoms with Crippen LogP contribution in [0.4, 0.5) is 0 Å². The fourth-order valence-corrected chi connectivity index (χ4v) is 3.68. The third-order valence-electron chi connectivity index (χ3n) is 5.06. The minimum Gasteiger partial charge on any atom is -0.493 e. The van der Waals surface area contributed by atoms with Gasteiger partial charge < -0.3 is 14.3 Å². The van der Waals surface area contributed by atoms with Crippen molar-refractivity contribution in [3.05, 3.63) is 68.7 Å². The van der Waals surface area contributed by atoms with Gasteiger partial charge in [0.1, 0.15) is 29.2 Å². The lowest BCUT2D eigenvalue weighted by Gasteiger charge is -2.17. The van der Waals surface area contributed by atoms with Crippen LogP contribution in [0, 0.1) is 0 Å². The van der Waals surface area contributed by atoms with Crippen molar-refractivity contribution >= 4 is 40.5 Å². The highest BCUT2D eigenvalue weighted by Gasteiger charge is 2.11. The highest BCUT2D eigenvalue weighted by molar-refractivity contribution is 6.55. The Morgan fingerprint density at radius 3 is 2.24 bits per heavy atom. The van der Waals surface area contributed by atoms with E-state index in [-0.39, 0.29) is 4.49 Å². The number of ether oxygens (including phenoxy) is 2. The lowest BCUT2D eigenvalue weighted by molar-refractivity contribution is 0.138. The van der Waals surface area contributed by atoms with Crippen LogP contribution in [-0.2, 0) is 17.7 Å². The van der Waals surface area contributed by atoms with Gasteiger partial charge in [-0.1, -0.05) is 72.0 Å². The highest BCUT2D eigenvalue weighted by Crippen LogP contribution is 2.31. The molecular weight excluding hydrogens is 481 g/mol. The maximum absolute atomic E-state index is 6.18. The predicted octanol–water partition coefficient (Wildman–Crippen LogP) is 8.15. The molecule has 0 heterocycles. The molecule has 0 fully saturated rings. The van der Waals surface area contributed by atoms with Crippen molar-refractivity contribution in [3.8, 4) is 11.5 Å². The highest BCUT2D eigenvalue weighted by atomic mass is 35.5. The van der Waals surface area contributed by atoms with E-state index in [1.54, 1.807) is 6.08 Å². The van der Waals surface area contributed by atoms with Crippen LogP contribution < -0.4 is 9.47 Å². The lowest BCUT2D eigenvalue weighted by Crippen LogP contribution is -2.05. The van der Waals surface area contributed by atoms with Crippen molar-refractivity contribution in [3.63, 3.8) is 0 Å². The molecule has 0 saturated heterocycles. The van der Waals surface area contributed by atoms with Crippen molar-refractivity contribution in [2.24, 2.45) is 5.16 Å². The van der Waals surface area contributed by atoms with Gasteiger partial charge in [0.2, 0.25) is 0 Å².